The number of anilines is 1. The largest absolute Gasteiger partial charge is 0.495 e. The third-order valence-electron chi connectivity index (χ3n) is 4.90. The van der Waals surface area contributed by atoms with Gasteiger partial charge in [0.1, 0.15) is 11.5 Å². The fourth-order valence-electron chi connectivity index (χ4n) is 3.20. The van der Waals surface area contributed by atoms with Crippen molar-refractivity contribution in [2.24, 2.45) is 0 Å². The number of sulfonamides is 1. The van der Waals surface area contributed by atoms with Gasteiger partial charge < -0.3 is 14.8 Å². The second kappa shape index (κ2) is 10.7. The summed E-state index contributed by atoms with van der Waals surface area (Å²) in [5.41, 5.74) is 1.05. The van der Waals surface area contributed by atoms with E-state index in [-0.39, 0.29) is 22.6 Å². The van der Waals surface area contributed by atoms with E-state index in [2.05, 4.69) is 42.0 Å². The molecule has 2 aromatic carbocycles. The molecule has 0 saturated carbocycles. The van der Waals surface area contributed by atoms with E-state index in [4.69, 9.17) is 9.47 Å². The van der Waals surface area contributed by atoms with Crippen molar-refractivity contribution in [3.63, 3.8) is 0 Å². The summed E-state index contributed by atoms with van der Waals surface area (Å²) >= 11 is 3.47. The lowest BCUT2D eigenvalue weighted by molar-refractivity contribution is -0.118. The van der Waals surface area contributed by atoms with E-state index in [1.54, 1.807) is 13.8 Å². The summed E-state index contributed by atoms with van der Waals surface area (Å²) in [6, 6.07) is 10.0. The van der Waals surface area contributed by atoms with Gasteiger partial charge in [0.05, 0.1) is 17.7 Å². The molecule has 0 aliphatic heterocycles. The van der Waals surface area contributed by atoms with Crippen LogP contribution in [0.2, 0.25) is 0 Å². The van der Waals surface area contributed by atoms with Crippen LogP contribution in [-0.4, -0.2) is 45.4 Å². The SMILES string of the molecule is CCN(CC)S(=O)(=O)c1ccc(OC)c(NC(=O)COc2ccc(Br)cc2C(C)(C)C)c1. The van der Waals surface area contributed by atoms with Crippen LogP contribution in [0.3, 0.4) is 0 Å². The maximum Gasteiger partial charge on any atom is 0.262 e. The van der Waals surface area contributed by atoms with Crippen molar-refractivity contribution in [3.8, 4) is 11.5 Å². The minimum atomic E-state index is -3.68. The van der Waals surface area contributed by atoms with Gasteiger partial charge in [-0.2, -0.15) is 4.31 Å². The number of halogens is 1. The average molecular weight is 527 g/mol. The first-order valence-corrected chi connectivity index (χ1v) is 12.6. The van der Waals surface area contributed by atoms with Crippen LogP contribution in [0.25, 0.3) is 0 Å². The highest BCUT2D eigenvalue weighted by Crippen LogP contribution is 2.34. The van der Waals surface area contributed by atoms with Crippen LogP contribution >= 0.6 is 15.9 Å². The molecule has 2 rings (SSSR count). The summed E-state index contributed by atoms with van der Waals surface area (Å²) < 4.78 is 39.1. The molecule has 0 atom stereocenters. The molecule has 32 heavy (non-hydrogen) atoms. The van der Waals surface area contributed by atoms with Crippen LogP contribution in [0.1, 0.15) is 40.2 Å². The molecule has 0 aliphatic rings. The van der Waals surface area contributed by atoms with Crippen LogP contribution < -0.4 is 14.8 Å². The molecule has 0 unspecified atom stereocenters. The van der Waals surface area contributed by atoms with Crippen LogP contribution in [0.5, 0.6) is 11.5 Å². The third kappa shape index (κ3) is 6.24. The second-order valence-corrected chi connectivity index (χ2v) is 11.0. The molecule has 0 aliphatic carbocycles. The first-order valence-electron chi connectivity index (χ1n) is 10.3. The normalized spacial score (nSPS) is 12.0. The molecule has 0 saturated heterocycles. The zero-order chi connectivity index (χ0) is 24.1. The highest BCUT2D eigenvalue weighted by Gasteiger charge is 2.24. The molecule has 0 radical (unpaired) electrons. The number of carbonyl (C=O) groups excluding carboxylic acids is 1. The summed E-state index contributed by atoms with van der Waals surface area (Å²) in [4.78, 5) is 12.7. The van der Waals surface area contributed by atoms with Crippen molar-refractivity contribution >= 4 is 37.5 Å². The van der Waals surface area contributed by atoms with Crippen molar-refractivity contribution < 1.29 is 22.7 Å². The van der Waals surface area contributed by atoms with Gasteiger partial charge in [0, 0.05) is 23.1 Å². The Labute approximate surface area is 199 Å². The molecule has 0 fully saturated rings. The average Bonchev–Trinajstić information content (AvgIpc) is 2.72. The number of hydrogen-bond donors (Lipinski definition) is 1. The smallest absolute Gasteiger partial charge is 0.262 e. The van der Waals surface area contributed by atoms with Crippen molar-refractivity contribution in [2.75, 3.05) is 32.1 Å². The maximum atomic E-state index is 12.8. The Morgan fingerprint density at radius 3 is 2.25 bits per heavy atom. The Bertz CT molecular complexity index is 1060. The zero-order valence-electron chi connectivity index (χ0n) is 19.4. The van der Waals surface area contributed by atoms with Gasteiger partial charge in [0.2, 0.25) is 10.0 Å². The summed E-state index contributed by atoms with van der Waals surface area (Å²) in [5.74, 6) is 0.542. The summed E-state index contributed by atoms with van der Waals surface area (Å²) in [6.07, 6.45) is 0. The number of nitrogens with one attached hydrogen (secondary N) is 1. The Morgan fingerprint density at radius 1 is 1.06 bits per heavy atom. The fraction of sp³-hybridized carbons (Fsp3) is 0.435. The molecule has 1 amide bonds. The van der Waals surface area contributed by atoms with Crippen LogP contribution in [0, 0.1) is 0 Å². The maximum absolute atomic E-state index is 12.8. The lowest BCUT2D eigenvalue weighted by Crippen LogP contribution is -2.30. The van der Waals surface area contributed by atoms with Gasteiger partial charge in [0.15, 0.2) is 6.61 Å². The molecule has 176 valence electrons. The first kappa shape index (κ1) is 26.2. The summed E-state index contributed by atoms with van der Waals surface area (Å²) in [6.45, 7) is 10.2. The lowest BCUT2D eigenvalue weighted by Gasteiger charge is -2.23. The molecule has 0 heterocycles. The third-order valence-corrected chi connectivity index (χ3v) is 7.44. The molecule has 9 heteroatoms. The molecule has 0 bridgehead atoms. The second-order valence-electron chi connectivity index (χ2n) is 8.18. The predicted molar refractivity (Wildman–Crippen MR) is 130 cm³/mol. The highest BCUT2D eigenvalue weighted by atomic mass is 79.9. The topological polar surface area (TPSA) is 84.9 Å². The Hall–Kier alpha value is -2.10. The monoisotopic (exact) mass is 526 g/mol. The number of ether oxygens (including phenoxy) is 2. The predicted octanol–water partition coefficient (Wildman–Crippen LogP) is 4.80. The summed E-state index contributed by atoms with van der Waals surface area (Å²) in [7, 11) is -2.22. The van der Waals surface area contributed by atoms with E-state index in [0.29, 0.717) is 24.6 Å². The molecule has 0 spiro atoms. The number of hydrogen-bond acceptors (Lipinski definition) is 5. The number of rotatable bonds is 9. The Balaban J connectivity index is 2.24. The first-order chi connectivity index (χ1) is 14.9. The van der Waals surface area contributed by atoms with E-state index >= 15 is 0 Å². The molecule has 1 N–H and O–H groups in total. The van der Waals surface area contributed by atoms with Crippen molar-refractivity contribution in [2.45, 2.75) is 44.9 Å². The number of benzene rings is 2. The van der Waals surface area contributed by atoms with E-state index in [9.17, 15) is 13.2 Å². The highest BCUT2D eigenvalue weighted by molar-refractivity contribution is 9.10. The molecule has 7 nitrogen and oxygen atoms in total. The molecule has 0 aromatic heterocycles. The van der Waals surface area contributed by atoms with E-state index in [0.717, 1.165) is 10.0 Å². The molecular formula is C23H31BrN2O5S. The van der Waals surface area contributed by atoms with Crippen molar-refractivity contribution in [1.82, 2.24) is 4.31 Å². The van der Waals surface area contributed by atoms with E-state index in [1.165, 1.54) is 29.6 Å². The molecule has 2 aromatic rings. The summed E-state index contributed by atoms with van der Waals surface area (Å²) in [5, 5.41) is 2.71. The van der Waals surface area contributed by atoms with E-state index < -0.39 is 15.9 Å². The van der Waals surface area contributed by atoms with Gasteiger partial charge >= 0.3 is 0 Å². The molecular weight excluding hydrogens is 496 g/mol. The quantitative estimate of drug-likeness (QED) is 0.507. The number of carbonyl (C=O) groups is 1. The number of nitrogens with zero attached hydrogens (tertiary/aromatic N) is 1. The number of methoxy groups -OCH3 is 1. The van der Waals surface area contributed by atoms with Crippen molar-refractivity contribution in [1.29, 1.82) is 0 Å². The van der Waals surface area contributed by atoms with Crippen LogP contribution in [0.15, 0.2) is 45.8 Å². The minimum absolute atomic E-state index is 0.0844. The zero-order valence-corrected chi connectivity index (χ0v) is 21.8. The Kier molecular flexibility index (Phi) is 8.73. The lowest BCUT2D eigenvalue weighted by atomic mass is 9.86. The fourth-order valence-corrected chi connectivity index (χ4v) is 5.05. The Morgan fingerprint density at radius 2 is 1.69 bits per heavy atom. The van der Waals surface area contributed by atoms with Gasteiger partial charge in [-0.15, -0.1) is 0 Å². The van der Waals surface area contributed by atoms with Gasteiger partial charge in [-0.05, 0) is 41.8 Å². The number of amides is 1. The van der Waals surface area contributed by atoms with Gasteiger partial charge in [-0.25, -0.2) is 8.42 Å². The van der Waals surface area contributed by atoms with Crippen LogP contribution in [-0.2, 0) is 20.2 Å². The van der Waals surface area contributed by atoms with Crippen LogP contribution in [0.4, 0.5) is 5.69 Å². The van der Waals surface area contributed by atoms with Gasteiger partial charge in [0.25, 0.3) is 5.91 Å². The standard InChI is InChI=1S/C23H31BrN2O5S/c1-7-26(8-2)32(28,29)17-10-12-21(30-6)19(14-17)25-22(27)15-31-20-11-9-16(24)13-18(20)23(3,4)5/h9-14H,7-8,15H2,1-6H3,(H,25,27). The van der Waals surface area contributed by atoms with Gasteiger partial charge in [-0.1, -0.05) is 50.5 Å². The van der Waals surface area contributed by atoms with Crippen molar-refractivity contribution in [3.05, 3.63) is 46.4 Å². The van der Waals surface area contributed by atoms with E-state index in [1.807, 2.05) is 18.2 Å². The minimum Gasteiger partial charge on any atom is -0.495 e. The van der Waals surface area contributed by atoms with Gasteiger partial charge in [-0.3, -0.25) is 4.79 Å².